The molecule has 3 heteroatoms. The molecule has 0 fully saturated rings. The highest BCUT2D eigenvalue weighted by atomic mass is 14.9. The van der Waals surface area contributed by atoms with E-state index in [4.69, 9.17) is 5.26 Å². The van der Waals surface area contributed by atoms with Gasteiger partial charge < -0.3 is 0 Å². The topological polar surface area (TPSA) is 48.7 Å². The van der Waals surface area contributed by atoms with Gasteiger partial charge in [0.2, 0.25) is 0 Å². The Morgan fingerprint density at radius 1 is 1.53 bits per heavy atom. The van der Waals surface area contributed by atoms with Crippen LogP contribution in [0.1, 0.15) is 31.9 Å². The highest BCUT2D eigenvalue weighted by Gasteiger charge is 2.08. The Morgan fingerprint density at radius 3 is 2.87 bits per heavy atom. The van der Waals surface area contributed by atoms with Crippen LogP contribution in [0.15, 0.2) is 24.5 Å². The SMILES string of the molecule is CC(C)CCNC(C#N)c1cccnc1. The Hall–Kier alpha value is -1.40. The van der Waals surface area contributed by atoms with Crippen molar-refractivity contribution in [3.63, 3.8) is 0 Å². The van der Waals surface area contributed by atoms with Gasteiger partial charge in [-0.25, -0.2) is 0 Å². The summed E-state index contributed by atoms with van der Waals surface area (Å²) in [6, 6.07) is 5.77. The van der Waals surface area contributed by atoms with Gasteiger partial charge in [-0.15, -0.1) is 0 Å². The van der Waals surface area contributed by atoms with Crippen LogP contribution in [0.2, 0.25) is 0 Å². The zero-order valence-corrected chi connectivity index (χ0v) is 9.27. The molecular weight excluding hydrogens is 186 g/mol. The molecule has 0 aliphatic heterocycles. The van der Waals surface area contributed by atoms with Crippen molar-refractivity contribution in [1.29, 1.82) is 5.26 Å². The van der Waals surface area contributed by atoms with Gasteiger partial charge in [0.15, 0.2) is 0 Å². The molecule has 0 saturated heterocycles. The van der Waals surface area contributed by atoms with Crippen LogP contribution < -0.4 is 5.32 Å². The number of nitriles is 1. The quantitative estimate of drug-likeness (QED) is 0.798. The summed E-state index contributed by atoms with van der Waals surface area (Å²) < 4.78 is 0. The first-order valence-corrected chi connectivity index (χ1v) is 5.27. The van der Waals surface area contributed by atoms with Crippen LogP contribution in [0.5, 0.6) is 0 Å². The van der Waals surface area contributed by atoms with Gasteiger partial charge in [-0.3, -0.25) is 10.3 Å². The Kier molecular flexibility index (Phi) is 4.79. The highest BCUT2D eigenvalue weighted by molar-refractivity contribution is 5.19. The maximum absolute atomic E-state index is 9.00. The second-order valence-electron chi connectivity index (χ2n) is 3.99. The van der Waals surface area contributed by atoms with E-state index in [0.29, 0.717) is 5.92 Å². The molecule has 1 atom stereocenters. The van der Waals surface area contributed by atoms with E-state index in [0.717, 1.165) is 18.5 Å². The standard InChI is InChI=1S/C12H17N3/c1-10(2)5-7-15-12(8-13)11-4-3-6-14-9-11/h3-4,6,9-10,12,15H,5,7H2,1-2H3. The number of nitrogens with one attached hydrogen (secondary N) is 1. The minimum Gasteiger partial charge on any atom is -0.298 e. The summed E-state index contributed by atoms with van der Waals surface area (Å²) in [6.07, 6.45) is 4.53. The molecule has 3 nitrogen and oxygen atoms in total. The lowest BCUT2D eigenvalue weighted by Gasteiger charge is -2.12. The van der Waals surface area contributed by atoms with Crippen LogP contribution in [-0.2, 0) is 0 Å². The molecule has 0 bridgehead atoms. The summed E-state index contributed by atoms with van der Waals surface area (Å²) in [5.74, 6) is 0.658. The minimum atomic E-state index is -0.238. The second-order valence-corrected chi connectivity index (χ2v) is 3.99. The van der Waals surface area contributed by atoms with Crippen LogP contribution in [0.25, 0.3) is 0 Å². The van der Waals surface area contributed by atoms with Gasteiger partial charge in [0.05, 0.1) is 6.07 Å². The average molecular weight is 203 g/mol. The average Bonchev–Trinajstić information content (AvgIpc) is 2.25. The summed E-state index contributed by atoms with van der Waals surface area (Å²) in [6.45, 7) is 5.21. The molecular formula is C12H17N3. The molecule has 1 aromatic heterocycles. The zero-order chi connectivity index (χ0) is 11.1. The van der Waals surface area contributed by atoms with E-state index in [-0.39, 0.29) is 6.04 Å². The Bertz CT molecular complexity index is 313. The summed E-state index contributed by atoms with van der Waals surface area (Å²) in [7, 11) is 0. The molecule has 1 rings (SSSR count). The molecule has 0 amide bonds. The van der Waals surface area contributed by atoms with E-state index < -0.39 is 0 Å². The number of hydrogen-bond acceptors (Lipinski definition) is 3. The number of pyridine rings is 1. The lowest BCUT2D eigenvalue weighted by Crippen LogP contribution is -2.22. The monoisotopic (exact) mass is 203 g/mol. The van der Waals surface area contributed by atoms with Gasteiger partial charge in [-0.05, 0) is 24.9 Å². The summed E-state index contributed by atoms with van der Waals surface area (Å²) in [4.78, 5) is 4.01. The maximum atomic E-state index is 9.00. The van der Waals surface area contributed by atoms with E-state index >= 15 is 0 Å². The van der Waals surface area contributed by atoms with Crippen molar-refractivity contribution in [1.82, 2.24) is 10.3 Å². The maximum Gasteiger partial charge on any atom is 0.122 e. The number of rotatable bonds is 5. The van der Waals surface area contributed by atoms with Crippen LogP contribution in [0.4, 0.5) is 0 Å². The van der Waals surface area contributed by atoms with Crippen LogP contribution in [-0.4, -0.2) is 11.5 Å². The van der Waals surface area contributed by atoms with Crippen molar-refractivity contribution in [2.45, 2.75) is 26.3 Å². The second kappa shape index (κ2) is 6.15. The summed E-state index contributed by atoms with van der Waals surface area (Å²) >= 11 is 0. The van der Waals surface area contributed by atoms with Gasteiger partial charge in [0.25, 0.3) is 0 Å². The van der Waals surface area contributed by atoms with Crippen LogP contribution >= 0.6 is 0 Å². The van der Waals surface area contributed by atoms with Gasteiger partial charge in [0, 0.05) is 18.0 Å². The van der Waals surface area contributed by atoms with E-state index in [2.05, 4.69) is 30.2 Å². The Labute approximate surface area is 91.1 Å². The van der Waals surface area contributed by atoms with Crippen LogP contribution in [0.3, 0.4) is 0 Å². The van der Waals surface area contributed by atoms with Crippen LogP contribution in [0, 0.1) is 17.2 Å². The van der Waals surface area contributed by atoms with Crippen molar-refractivity contribution < 1.29 is 0 Å². The van der Waals surface area contributed by atoms with Gasteiger partial charge >= 0.3 is 0 Å². The summed E-state index contributed by atoms with van der Waals surface area (Å²) in [5, 5.41) is 12.2. The number of aromatic nitrogens is 1. The lowest BCUT2D eigenvalue weighted by molar-refractivity contribution is 0.518. The van der Waals surface area contributed by atoms with E-state index in [9.17, 15) is 0 Å². The van der Waals surface area contributed by atoms with Crippen molar-refractivity contribution in [3.05, 3.63) is 30.1 Å². The van der Waals surface area contributed by atoms with Crippen molar-refractivity contribution >= 4 is 0 Å². The molecule has 1 N–H and O–H groups in total. The molecule has 1 aromatic rings. The van der Waals surface area contributed by atoms with Crippen molar-refractivity contribution in [3.8, 4) is 6.07 Å². The van der Waals surface area contributed by atoms with E-state index in [1.807, 2.05) is 12.1 Å². The highest BCUT2D eigenvalue weighted by Crippen LogP contribution is 2.10. The Morgan fingerprint density at radius 2 is 2.33 bits per heavy atom. The molecule has 0 radical (unpaired) electrons. The first kappa shape index (κ1) is 11.7. The zero-order valence-electron chi connectivity index (χ0n) is 9.27. The predicted octanol–water partition coefficient (Wildman–Crippen LogP) is 2.28. The molecule has 1 heterocycles. The number of hydrogen-bond donors (Lipinski definition) is 1. The Balaban J connectivity index is 2.48. The third-order valence-corrected chi connectivity index (χ3v) is 2.22. The smallest absolute Gasteiger partial charge is 0.122 e. The molecule has 0 saturated carbocycles. The first-order valence-electron chi connectivity index (χ1n) is 5.27. The van der Waals surface area contributed by atoms with Gasteiger partial charge in [0.1, 0.15) is 6.04 Å². The van der Waals surface area contributed by atoms with Crippen molar-refractivity contribution in [2.24, 2.45) is 5.92 Å². The first-order chi connectivity index (χ1) is 7.24. The lowest BCUT2D eigenvalue weighted by atomic mass is 10.1. The molecule has 0 aliphatic carbocycles. The van der Waals surface area contributed by atoms with Gasteiger partial charge in [-0.2, -0.15) is 5.26 Å². The third kappa shape index (κ3) is 4.09. The summed E-state index contributed by atoms with van der Waals surface area (Å²) in [5.41, 5.74) is 0.934. The molecule has 0 aromatic carbocycles. The van der Waals surface area contributed by atoms with E-state index in [1.165, 1.54) is 0 Å². The molecule has 0 aliphatic rings. The third-order valence-electron chi connectivity index (χ3n) is 2.22. The largest absolute Gasteiger partial charge is 0.298 e. The fourth-order valence-electron chi connectivity index (χ4n) is 1.30. The van der Waals surface area contributed by atoms with E-state index in [1.54, 1.807) is 12.4 Å². The molecule has 0 spiro atoms. The normalized spacial score (nSPS) is 12.4. The predicted molar refractivity (Wildman–Crippen MR) is 60.0 cm³/mol. The van der Waals surface area contributed by atoms with Gasteiger partial charge in [-0.1, -0.05) is 19.9 Å². The minimum absolute atomic E-state index is 0.238. The fraction of sp³-hybridized carbons (Fsp3) is 0.500. The molecule has 15 heavy (non-hydrogen) atoms. The van der Waals surface area contributed by atoms with Crippen molar-refractivity contribution in [2.75, 3.05) is 6.54 Å². The molecule has 80 valence electrons. The fourth-order valence-corrected chi connectivity index (χ4v) is 1.30. The number of nitrogens with zero attached hydrogens (tertiary/aromatic N) is 2. The molecule has 1 unspecified atom stereocenters.